The summed E-state index contributed by atoms with van der Waals surface area (Å²) in [4.78, 5) is 2.31. The number of hydrogen-bond donors (Lipinski definition) is 2. The van der Waals surface area contributed by atoms with Gasteiger partial charge in [-0.15, -0.1) is 0 Å². The molecule has 0 unspecified atom stereocenters. The molecule has 0 aromatic heterocycles. The number of β-amino-alcohol motifs (C(OH)–C–C–N with tert-alkyl or cyclic N) is 1. The van der Waals surface area contributed by atoms with Gasteiger partial charge in [0.25, 0.3) is 0 Å². The SMILES string of the molecule is Nc1ccc([C@H](O)CN2CCCC2)cc1. The lowest BCUT2D eigenvalue weighted by Crippen LogP contribution is -2.25. The van der Waals surface area contributed by atoms with E-state index in [9.17, 15) is 5.11 Å². The molecule has 3 nitrogen and oxygen atoms in total. The first-order valence-corrected chi connectivity index (χ1v) is 5.51. The summed E-state index contributed by atoms with van der Waals surface area (Å²) in [5, 5.41) is 9.99. The number of benzene rings is 1. The summed E-state index contributed by atoms with van der Waals surface area (Å²) in [6, 6.07) is 7.47. The van der Waals surface area contributed by atoms with E-state index >= 15 is 0 Å². The average molecular weight is 206 g/mol. The lowest BCUT2D eigenvalue weighted by atomic mass is 10.1. The fourth-order valence-electron chi connectivity index (χ4n) is 2.03. The van der Waals surface area contributed by atoms with Crippen LogP contribution in [0.25, 0.3) is 0 Å². The van der Waals surface area contributed by atoms with Crippen molar-refractivity contribution in [1.82, 2.24) is 4.90 Å². The molecule has 0 radical (unpaired) electrons. The number of aliphatic hydroxyl groups is 1. The predicted octanol–water partition coefficient (Wildman–Crippen LogP) is 1.40. The summed E-state index contributed by atoms with van der Waals surface area (Å²) in [6.45, 7) is 2.97. The number of aliphatic hydroxyl groups excluding tert-OH is 1. The zero-order chi connectivity index (χ0) is 10.7. The molecule has 1 aromatic carbocycles. The molecule has 2 rings (SSSR count). The molecule has 1 atom stereocenters. The monoisotopic (exact) mass is 206 g/mol. The summed E-state index contributed by atoms with van der Waals surface area (Å²) < 4.78 is 0. The Balaban J connectivity index is 1.94. The van der Waals surface area contributed by atoms with Crippen molar-refractivity contribution in [1.29, 1.82) is 0 Å². The highest BCUT2D eigenvalue weighted by molar-refractivity contribution is 5.39. The number of hydrogen-bond acceptors (Lipinski definition) is 3. The first-order chi connectivity index (χ1) is 7.25. The number of nitrogen functional groups attached to an aromatic ring is 1. The van der Waals surface area contributed by atoms with Crippen molar-refractivity contribution in [2.45, 2.75) is 18.9 Å². The van der Waals surface area contributed by atoms with E-state index in [0.717, 1.165) is 30.9 Å². The largest absolute Gasteiger partial charge is 0.399 e. The van der Waals surface area contributed by atoms with E-state index in [4.69, 9.17) is 5.73 Å². The van der Waals surface area contributed by atoms with E-state index in [1.165, 1.54) is 12.8 Å². The van der Waals surface area contributed by atoms with Gasteiger partial charge in [0, 0.05) is 12.2 Å². The summed E-state index contributed by atoms with van der Waals surface area (Å²) in [7, 11) is 0. The highest BCUT2D eigenvalue weighted by Gasteiger charge is 2.16. The maximum absolute atomic E-state index is 9.99. The van der Waals surface area contributed by atoms with Crippen LogP contribution in [0.4, 0.5) is 5.69 Å². The predicted molar refractivity (Wildman–Crippen MR) is 61.5 cm³/mol. The van der Waals surface area contributed by atoms with Crippen molar-refractivity contribution in [3.63, 3.8) is 0 Å². The van der Waals surface area contributed by atoms with Crippen LogP contribution in [0, 0.1) is 0 Å². The second kappa shape index (κ2) is 4.64. The van der Waals surface area contributed by atoms with Gasteiger partial charge in [-0.05, 0) is 43.6 Å². The molecule has 0 spiro atoms. The van der Waals surface area contributed by atoms with Gasteiger partial charge in [-0.2, -0.15) is 0 Å². The number of likely N-dealkylation sites (tertiary alicyclic amines) is 1. The van der Waals surface area contributed by atoms with E-state index in [1.807, 2.05) is 24.3 Å². The van der Waals surface area contributed by atoms with Gasteiger partial charge in [0.2, 0.25) is 0 Å². The first-order valence-electron chi connectivity index (χ1n) is 5.51. The highest BCUT2D eigenvalue weighted by atomic mass is 16.3. The zero-order valence-electron chi connectivity index (χ0n) is 8.89. The Kier molecular flexibility index (Phi) is 3.23. The molecule has 3 N–H and O–H groups in total. The maximum atomic E-state index is 9.99. The van der Waals surface area contributed by atoms with Gasteiger partial charge in [-0.3, -0.25) is 0 Å². The maximum Gasteiger partial charge on any atom is 0.0916 e. The topological polar surface area (TPSA) is 49.5 Å². The quantitative estimate of drug-likeness (QED) is 0.735. The first kappa shape index (κ1) is 10.5. The molecule has 1 saturated heterocycles. The summed E-state index contributed by atoms with van der Waals surface area (Å²) in [5.41, 5.74) is 7.30. The molecule has 3 heteroatoms. The Labute approximate surface area is 90.5 Å². The van der Waals surface area contributed by atoms with Gasteiger partial charge in [-0.25, -0.2) is 0 Å². The molecular weight excluding hydrogens is 188 g/mol. The van der Waals surface area contributed by atoms with Crippen molar-refractivity contribution in [3.05, 3.63) is 29.8 Å². The average Bonchev–Trinajstić information content (AvgIpc) is 2.71. The molecule has 1 fully saturated rings. The van der Waals surface area contributed by atoms with Gasteiger partial charge in [-0.1, -0.05) is 12.1 Å². The molecule has 1 aromatic rings. The van der Waals surface area contributed by atoms with Crippen LogP contribution in [0.1, 0.15) is 24.5 Å². The van der Waals surface area contributed by atoms with Gasteiger partial charge < -0.3 is 15.7 Å². The van der Waals surface area contributed by atoms with Crippen LogP contribution >= 0.6 is 0 Å². The lowest BCUT2D eigenvalue weighted by molar-refractivity contribution is 0.126. The smallest absolute Gasteiger partial charge is 0.0916 e. The normalized spacial score (nSPS) is 19.3. The van der Waals surface area contributed by atoms with Crippen LogP contribution in [0.2, 0.25) is 0 Å². The lowest BCUT2D eigenvalue weighted by Gasteiger charge is -2.19. The van der Waals surface area contributed by atoms with Gasteiger partial charge in [0.1, 0.15) is 0 Å². The van der Waals surface area contributed by atoms with E-state index < -0.39 is 0 Å². The number of nitrogens with two attached hydrogens (primary N) is 1. The molecule has 82 valence electrons. The van der Waals surface area contributed by atoms with Crippen molar-refractivity contribution in [3.8, 4) is 0 Å². The number of anilines is 1. The van der Waals surface area contributed by atoms with Crippen LogP contribution in [-0.2, 0) is 0 Å². The molecule has 1 aliphatic heterocycles. The second-order valence-corrected chi connectivity index (χ2v) is 4.19. The second-order valence-electron chi connectivity index (χ2n) is 4.19. The number of nitrogens with zero attached hydrogens (tertiary/aromatic N) is 1. The third-order valence-corrected chi connectivity index (χ3v) is 2.95. The standard InChI is InChI=1S/C12H18N2O/c13-11-5-3-10(4-6-11)12(15)9-14-7-1-2-8-14/h3-6,12,15H,1-2,7-9,13H2/t12-/m1/s1. The minimum atomic E-state index is -0.385. The van der Waals surface area contributed by atoms with Crippen molar-refractivity contribution >= 4 is 5.69 Å². The van der Waals surface area contributed by atoms with Crippen molar-refractivity contribution in [2.24, 2.45) is 0 Å². The van der Waals surface area contributed by atoms with Gasteiger partial charge >= 0.3 is 0 Å². The van der Waals surface area contributed by atoms with Crippen LogP contribution in [0.15, 0.2) is 24.3 Å². The Hall–Kier alpha value is -1.06. The molecule has 15 heavy (non-hydrogen) atoms. The third-order valence-electron chi connectivity index (χ3n) is 2.95. The fourth-order valence-corrected chi connectivity index (χ4v) is 2.03. The molecule has 0 amide bonds. The minimum absolute atomic E-state index is 0.385. The van der Waals surface area contributed by atoms with Crippen LogP contribution in [0.3, 0.4) is 0 Å². The van der Waals surface area contributed by atoms with E-state index in [-0.39, 0.29) is 6.10 Å². The van der Waals surface area contributed by atoms with Crippen LogP contribution < -0.4 is 5.73 Å². The highest BCUT2D eigenvalue weighted by Crippen LogP contribution is 2.18. The minimum Gasteiger partial charge on any atom is -0.399 e. The summed E-state index contributed by atoms with van der Waals surface area (Å²) in [5.74, 6) is 0. The number of rotatable bonds is 3. The molecule has 1 aliphatic rings. The van der Waals surface area contributed by atoms with Crippen molar-refractivity contribution < 1.29 is 5.11 Å². The molecule has 0 saturated carbocycles. The van der Waals surface area contributed by atoms with Crippen LogP contribution in [0.5, 0.6) is 0 Å². The Bertz CT molecular complexity index is 304. The Morgan fingerprint density at radius 3 is 2.40 bits per heavy atom. The summed E-state index contributed by atoms with van der Waals surface area (Å²) in [6.07, 6.45) is 2.13. The molecule has 0 bridgehead atoms. The molecule has 0 aliphatic carbocycles. The third kappa shape index (κ3) is 2.70. The molecule has 1 heterocycles. The molecular formula is C12H18N2O. The van der Waals surface area contributed by atoms with Gasteiger partial charge in [0.05, 0.1) is 6.10 Å². The Morgan fingerprint density at radius 1 is 1.20 bits per heavy atom. The van der Waals surface area contributed by atoms with E-state index in [1.54, 1.807) is 0 Å². The Morgan fingerprint density at radius 2 is 1.80 bits per heavy atom. The van der Waals surface area contributed by atoms with E-state index in [0.29, 0.717) is 0 Å². The zero-order valence-corrected chi connectivity index (χ0v) is 8.89. The van der Waals surface area contributed by atoms with E-state index in [2.05, 4.69) is 4.90 Å². The van der Waals surface area contributed by atoms with Crippen molar-refractivity contribution in [2.75, 3.05) is 25.4 Å². The fraction of sp³-hybridized carbons (Fsp3) is 0.500. The summed E-state index contributed by atoms with van der Waals surface area (Å²) >= 11 is 0. The van der Waals surface area contributed by atoms with Crippen LogP contribution in [-0.4, -0.2) is 29.6 Å². The van der Waals surface area contributed by atoms with Gasteiger partial charge in [0.15, 0.2) is 0 Å².